The zero-order valence-corrected chi connectivity index (χ0v) is 13.6. The van der Waals surface area contributed by atoms with E-state index in [9.17, 15) is 0 Å². The summed E-state index contributed by atoms with van der Waals surface area (Å²) in [6.45, 7) is 0.890. The van der Waals surface area contributed by atoms with Gasteiger partial charge in [0.05, 0.1) is 0 Å². The van der Waals surface area contributed by atoms with Crippen LogP contribution in [0.1, 0.15) is 49.7 Å². The minimum Gasteiger partial charge on any atom is -0.389 e. The predicted octanol–water partition coefficient (Wildman–Crippen LogP) is 4.13. The SMILES string of the molecule is CN(Cc1ccc(C(N)=S)cc1Cl)C1CCCCCC1. The lowest BCUT2D eigenvalue weighted by atomic mass is 10.1. The molecule has 1 fully saturated rings. The molecular weight excluding hydrogens is 288 g/mol. The number of nitrogens with two attached hydrogens (primary N) is 1. The van der Waals surface area contributed by atoms with E-state index in [0.717, 1.165) is 22.7 Å². The van der Waals surface area contributed by atoms with Crippen molar-refractivity contribution in [3.8, 4) is 0 Å². The van der Waals surface area contributed by atoms with Crippen molar-refractivity contribution in [3.05, 3.63) is 34.3 Å². The maximum Gasteiger partial charge on any atom is 0.104 e. The average molecular weight is 311 g/mol. The Morgan fingerprint density at radius 2 is 1.95 bits per heavy atom. The van der Waals surface area contributed by atoms with Crippen LogP contribution in [0.25, 0.3) is 0 Å². The Labute approximate surface area is 132 Å². The van der Waals surface area contributed by atoms with Crippen molar-refractivity contribution in [2.75, 3.05) is 7.05 Å². The van der Waals surface area contributed by atoms with Crippen LogP contribution in [0.15, 0.2) is 18.2 Å². The number of hydrogen-bond acceptors (Lipinski definition) is 2. The zero-order valence-electron chi connectivity index (χ0n) is 12.1. The summed E-state index contributed by atoms with van der Waals surface area (Å²) in [5.74, 6) is 0. The van der Waals surface area contributed by atoms with Crippen LogP contribution >= 0.6 is 23.8 Å². The van der Waals surface area contributed by atoms with Gasteiger partial charge in [0.2, 0.25) is 0 Å². The van der Waals surface area contributed by atoms with E-state index in [1.807, 2.05) is 18.2 Å². The molecule has 1 saturated carbocycles. The van der Waals surface area contributed by atoms with Crippen LogP contribution in [0.3, 0.4) is 0 Å². The fourth-order valence-electron chi connectivity index (χ4n) is 2.93. The second-order valence-corrected chi connectivity index (χ2v) is 6.58. The highest BCUT2D eigenvalue weighted by Gasteiger charge is 2.17. The zero-order chi connectivity index (χ0) is 14.5. The first-order chi connectivity index (χ1) is 9.58. The van der Waals surface area contributed by atoms with Crippen LogP contribution < -0.4 is 5.73 Å². The third kappa shape index (κ3) is 4.18. The summed E-state index contributed by atoms with van der Waals surface area (Å²) in [5.41, 5.74) is 7.62. The third-order valence-electron chi connectivity index (χ3n) is 4.21. The van der Waals surface area contributed by atoms with Crippen LogP contribution in [-0.4, -0.2) is 23.0 Å². The van der Waals surface area contributed by atoms with Crippen LogP contribution in [0.4, 0.5) is 0 Å². The average Bonchev–Trinajstić information content (AvgIpc) is 2.69. The molecule has 0 radical (unpaired) electrons. The van der Waals surface area contributed by atoms with Gasteiger partial charge in [-0.1, -0.05) is 61.6 Å². The Hall–Kier alpha value is -0.640. The maximum absolute atomic E-state index is 6.35. The summed E-state index contributed by atoms with van der Waals surface area (Å²) in [5, 5.41) is 0.760. The highest BCUT2D eigenvalue weighted by Crippen LogP contribution is 2.25. The summed E-state index contributed by atoms with van der Waals surface area (Å²) >= 11 is 11.3. The Balaban J connectivity index is 2.03. The molecule has 2 N–H and O–H groups in total. The van der Waals surface area contributed by atoms with E-state index in [2.05, 4.69) is 11.9 Å². The van der Waals surface area contributed by atoms with Crippen LogP contribution in [0.2, 0.25) is 5.02 Å². The van der Waals surface area contributed by atoms with Gasteiger partial charge < -0.3 is 5.73 Å². The molecule has 2 rings (SSSR count). The molecule has 0 atom stereocenters. The van der Waals surface area contributed by atoms with Gasteiger partial charge in [0.15, 0.2) is 0 Å². The molecule has 1 aliphatic carbocycles. The molecule has 1 aromatic carbocycles. The molecule has 0 amide bonds. The second kappa shape index (κ2) is 7.39. The van der Waals surface area contributed by atoms with E-state index in [1.54, 1.807) is 0 Å². The van der Waals surface area contributed by atoms with Crippen molar-refractivity contribution in [1.29, 1.82) is 0 Å². The molecule has 0 heterocycles. The lowest BCUT2D eigenvalue weighted by molar-refractivity contribution is 0.213. The van der Waals surface area contributed by atoms with E-state index in [4.69, 9.17) is 29.6 Å². The molecule has 0 bridgehead atoms. The van der Waals surface area contributed by atoms with Gasteiger partial charge >= 0.3 is 0 Å². The normalized spacial score (nSPS) is 17.1. The van der Waals surface area contributed by atoms with Crippen LogP contribution in [0, 0.1) is 0 Å². The Morgan fingerprint density at radius 3 is 2.50 bits per heavy atom. The van der Waals surface area contributed by atoms with Crippen molar-refractivity contribution in [2.24, 2.45) is 5.73 Å². The van der Waals surface area contributed by atoms with Gasteiger partial charge in [-0.3, -0.25) is 4.90 Å². The first kappa shape index (κ1) is 15.7. The molecule has 20 heavy (non-hydrogen) atoms. The summed E-state index contributed by atoms with van der Waals surface area (Å²) in [6.07, 6.45) is 8.08. The number of hydrogen-bond donors (Lipinski definition) is 1. The molecule has 4 heteroatoms. The topological polar surface area (TPSA) is 29.3 Å². The Kier molecular flexibility index (Phi) is 5.82. The first-order valence-electron chi connectivity index (χ1n) is 7.36. The molecule has 110 valence electrons. The standard InChI is InChI=1S/C16H23ClN2S/c1-19(14-6-4-2-3-5-7-14)11-13-9-8-12(16(18)20)10-15(13)17/h8-10,14H,2-7,11H2,1H3,(H2,18,20). The molecule has 1 aromatic rings. The van der Waals surface area contributed by atoms with Gasteiger partial charge in [-0.15, -0.1) is 0 Å². The molecule has 0 unspecified atom stereocenters. The number of benzene rings is 1. The predicted molar refractivity (Wildman–Crippen MR) is 90.3 cm³/mol. The minimum absolute atomic E-state index is 0.399. The first-order valence-corrected chi connectivity index (χ1v) is 8.15. The van der Waals surface area contributed by atoms with Gasteiger partial charge in [-0.05, 0) is 31.5 Å². The molecule has 0 aromatic heterocycles. The van der Waals surface area contributed by atoms with Gasteiger partial charge in [0.25, 0.3) is 0 Å². The quantitative estimate of drug-likeness (QED) is 0.670. The third-order valence-corrected chi connectivity index (χ3v) is 4.79. The monoisotopic (exact) mass is 310 g/mol. The fourth-order valence-corrected chi connectivity index (χ4v) is 3.29. The molecular formula is C16H23ClN2S. The molecule has 1 aliphatic rings. The van der Waals surface area contributed by atoms with E-state index in [-0.39, 0.29) is 0 Å². The number of nitrogens with zero attached hydrogens (tertiary/aromatic N) is 1. The lowest BCUT2D eigenvalue weighted by Gasteiger charge is -2.27. The molecule has 2 nitrogen and oxygen atoms in total. The van der Waals surface area contributed by atoms with Crippen LogP contribution in [-0.2, 0) is 6.54 Å². The minimum atomic E-state index is 0.399. The lowest BCUT2D eigenvalue weighted by Crippen LogP contribution is -2.30. The highest BCUT2D eigenvalue weighted by atomic mass is 35.5. The van der Waals surface area contributed by atoms with Crippen molar-refractivity contribution < 1.29 is 0 Å². The largest absolute Gasteiger partial charge is 0.389 e. The fraction of sp³-hybridized carbons (Fsp3) is 0.562. The van der Waals surface area contributed by atoms with Gasteiger partial charge in [0, 0.05) is 23.2 Å². The van der Waals surface area contributed by atoms with E-state index in [1.165, 1.54) is 38.5 Å². The summed E-state index contributed by atoms with van der Waals surface area (Å²) < 4.78 is 0. The van der Waals surface area contributed by atoms with Crippen molar-refractivity contribution in [1.82, 2.24) is 4.90 Å². The summed E-state index contributed by atoms with van der Waals surface area (Å²) in [6, 6.07) is 6.57. The summed E-state index contributed by atoms with van der Waals surface area (Å²) in [4.78, 5) is 2.84. The maximum atomic E-state index is 6.35. The van der Waals surface area contributed by atoms with E-state index in [0.29, 0.717) is 11.0 Å². The van der Waals surface area contributed by atoms with Gasteiger partial charge in [0.1, 0.15) is 4.99 Å². The molecule has 0 aliphatic heterocycles. The van der Waals surface area contributed by atoms with Crippen molar-refractivity contribution in [3.63, 3.8) is 0 Å². The number of halogens is 1. The Morgan fingerprint density at radius 1 is 1.30 bits per heavy atom. The van der Waals surface area contributed by atoms with Gasteiger partial charge in [-0.2, -0.15) is 0 Å². The number of rotatable bonds is 4. The van der Waals surface area contributed by atoms with Crippen molar-refractivity contribution >= 4 is 28.8 Å². The molecule has 0 saturated heterocycles. The number of thiocarbonyl (C=S) groups is 1. The Bertz CT molecular complexity index is 468. The molecule has 0 spiro atoms. The van der Waals surface area contributed by atoms with Gasteiger partial charge in [-0.25, -0.2) is 0 Å². The van der Waals surface area contributed by atoms with E-state index < -0.39 is 0 Å². The highest BCUT2D eigenvalue weighted by molar-refractivity contribution is 7.80. The van der Waals surface area contributed by atoms with Crippen LogP contribution in [0.5, 0.6) is 0 Å². The smallest absolute Gasteiger partial charge is 0.104 e. The van der Waals surface area contributed by atoms with Crippen molar-refractivity contribution in [2.45, 2.75) is 51.1 Å². The van der Waals surface area contributed by atoms with E-state index >= 15 is 0 Å². The summed E-state index contributed by atoms with van der Waals surface area (Å²) in [7, 11) is 2.20. The second-order valence-electron chi connectivity index (χ2n) is 5.73.